The molecule has 6 aromatic rings. The number of ether oxygens (including phenoxy) is 3. The fraction of sp³-hybridized carbons (Fsp3) is 0.184. The normalized spacial score (nSPS) is 12.9. The number of nitrogens with zero attached hydrogens (tertiary/aromatic N) is 4. The van der Waals surface area contributed by atoms with Crippen molar-refractivity contribution >= 4 is 22.7 Å². The van der Waals surface area contributed by atoms with Gasteiger partial charge in [0.15, 0.2) is 0 Å². The van der Waals surface area contributed by atoms with E-state index in [0.29, 0.717) is 30.2 Å². The van der Waals surface area contributed by atoms with Gasteiger partial charge in [0.1, 0.15) is 36.8 Å². The number of pyridine rings is 1. The summed E-state index contributed by atoms with van der Waals surface area (Å²) < 4.78 is 36.2. The summed E-state index contributed by atoms with van der Waals surface area (Å²) in [6.45, 7) is 1.43. The monoisotopic (exact) mass is 644 g/mol. The van der Waals surface area contributed by atoms with Gasteiger partial charge in [-0.05, 0) is 34.9 Å². The predicted octanol–water partition coefficient (Wildman–Crippen LogP) is 6.20. The topological polar surface area (TPSA) is 87.8 Å². The van der Waals surface area contributed by atoms with Crippen LogP contribution in [-0.2, 0) is 36.4 Å². The Labute approximate surface area is 276 Å². The number of halogens is 1. The van der Waals surface area contributed by atoms with Gasteiger partial charge in [0.25, 0.3) is 0 Å². The van der Waals surface area contributed by atoms with Crippen molar-refractivity contribution in [1.29, 1.82) is 0 Å². The third-order valence-electron chi connectivity index (χ3n) is 8.40. The van der Waals surface area contributed by atoms with Crippen LogP contribution in [0.1, 0.15) is 16.7 Å². The molecular weight excluding hydrogens is 611 g/mol. The molecule has 0 amide bonds. The minimum absolute atomic E-state index is 0.0828. The second kappa shape index (κ2) is 13.4. The van der Waals surface area contributed by atoms with Crippen molar-refractivity contribution < 1.29 is 23.4 Å². The van der Waals surface area contributed by atoms with Gasteiger partial charge in [0, 0.05) is 26.2 Å². The highest BCUT2D eigenvalue weighted by Crippen LogP contribution is 2.36. The summed E-state index contributed by atoms with van der Waals surface area (Å²) in [5, 5.41) is 0. The highest BCUT2D eigenvalue weighted by molar-refractivity contribution is 5.92. The highest BCUT2D eigenvalue weighted by Gasteiger charge is 2.36. The van der Waals surface area contributed by atoms with Crippen LogP contribution in [0.4, 0.5) is 10.1 Å². The summed E-state index contributed by atoms with van der Waals surface area (Å²) in [4.78, 5) is 33.2. The molecular formula is C38H33FN4O5. The van der Waals surface area contributed by atoms with Gasteiger partial charge in [-0.15, -0.1) is 0 Å². The van der Waals surface area contributed by atoms with Crippen molar-refractivity contribution in [3.8, 4) is 17.4 Å². The zero-order chi connectivity index (χ0) is 33.0. The second-order valence-electron chi connectivity index (χ2n) is 11.7. The first-order chi connectivity index (χ1) is 23.5. The molecule has 0 N–H and O–H groups in total. The summed E-state index contributed by atoms with van der Waals surface area (Å²) in [5.74, 6) is -0.789. The van der Waals surface area contributed by atoms with Crippen LogP contribution in [-0.4, -0.2) is 33.2 Å². The van der Waals surface area contributed by atoms with Gasteiger partial charge < -0.3 is 19.1 Å². The van der Waals surface area contributed by atoms with Crippen LogP contribution < -0.4 is 20.1 Å². The summed E-state index contributed by atoms with van der Waals surface area (Å²) in [6, 6.07) is 35.0. The van der Waals surface area contributed by atoms with Crippen LogP contribution in [0.15, 0.2) is 120 Å². The van der Waals surface area contributed by atoms with Crippen molar-refractivity contribution in [3.63, 3.8) is 0 Å². The molecule has 7 rings (SSSR count). The molecule has 242 valence electrons. The van der Waals surface area contributed by atoms with Crippen molar-refractivity contribution in [2.24, 2.45) is 13.0 Å². The minimum atomic E-state index is -0.579. The first kappa shape index (κ1) is 30.7. The highest BCUT2D eigenvalue weighted by atomic mass is 19.1. The van der Waals surface area contributed by atoms with Crippen molar-refractivity contribution in [3.05, 3.63) is 148 Å². The molecule has 0 saturated carbocycles. The van der Waals surface area contributed by atoms with Crippen molar-refractivity contribution in [2.45, 2.75) is 19.8 Å². The number of carbonyl (C=O) groups excluding carboxylic acids is 1. The number of aryl methyl sites for hydroxylation is 1. The number of hydrogen-bond donors (Lipinski definition) is 0. The molecule has 1 aliphatic heterocycles. The molecule has 10 heteroatoms. The molecule has 0 unspecified atom stereocenters. The van der Waals surface area contributed by atoms with E-state index in [9.17, 15) is 9.59 Å². The summed E-state index contributed by atoms with van der Waals surface area (Å²) in [6.07, 6.45) is 0. The van der Waals surface area contributed by atoms with Crippen LogP contribution in [0.5, 0.6) is 11.8 Å². The lowest BCUT2D eigenvalue weighted by Gasteiger charge is -2.39. The Morgan fingerprint density at radius 1 is 0.729 bits per heavy atom. The van der Waals surface area contributed by atoms with E-state index in [1.54, 1.807) is 25.2 Å². The first-order valence-electron chi connectivity index (χ1n) is 15.7. The third kappa shape index (κ3) is 6.24. The number of benzene rings is 4. The molecule has 2 aromatic heterocycles. The van der Waals surface area contributed by atoms with Gasteiger partial charge in [0.05, 0.1) is 17.1 Å². The number of carbonyl (C=O) groups is 1. The molecule has 4 aromatic carbocycles. The maximum absolute atomic E-state index is 15.8. The molecule has 1 fully saturated rings. The summed E-state index contributed by atoms with van der Waals surface area (Å²) >= 11 is 0. The van der Waals surface area contributed by atoms with Crippen molar-refractivity contribution in [2.75, 3.05) is 18.0 Å². The van der Waals surface area contributed by atoms with E-state index in [-0.39, 0.29) is 48.8 Å². The van der Waals surface area contributed by atoms with Crippen LogP contribution in [0.3, 0.4) is 0 Å². The fourth-order valence-corrected chi connectivity index (χ4v) is 5.81. The molecule has 0 radical (unpaired) electrons. The zero-order valence-electron chi connectivity index (χ0n) is 26.3. The van der Waals surface area contributed by atoms with E-state index in [1.807, 2.05) is 95.9 Å². The molecule has 0 aliphatic carbocycles. The molecule has 9 nitrogen and oxygen atoms in total. The minimum Gasteiger partial charge on any atom is -0.473 e. The SMILES string of the molecule is Cn1c(=O)n(-c2ccc(OCc3ccccc3)nc2OCc2ccccc2)c2c(F)ccc(N3CC(C(=O)OCc4ccccc4)C3)c21. The fourth-order valence-electron chi connectivity index (χ4n) is 5.81. The van der Waals surface area contributed by atoms with Crippen LogP contribution in [0, 0.1) is 11.7 Å². The van der Waals surface area contributed by atoms with Gasteiger partial charge in [-0.1, -0.05) is 91.0 Å². The second-order valence-corrected chi connectivity index (χ2v) is 11.7. The van der Waals surface area contributed by atoms with Crippen LogP contribution in [0.25, 0.3) is 16.7 Å². The number of rotatable bonds is 11. The Hall–Kier alpha value is -5.90. The number of esters is 1. The average Bonchev–Trinajstić information content (AvgIpc) is 3.37. The standard InChI is InChI=1S/C38H33FN4O5/c1-41-35-31(42-21-29(22-42)37(44)48-25-28-15-9-4-10-16-28)18-17-30(39)34(35)43(38(41)45)32-19-20-33(46-23-26-11-5-2-6-12-26)40-36(32)47-24-27-13-7-3-8-14-27/h2-20,29H,21-25H2,1H3. The number of hydrogen-bond acceptors (Lipinski definition) is 7. The largest absolute Gasteiger partial charge is 0.473 e. The number of aromatic nitrogens is 3. The smallest absolute Gasteiger partial charge is 0.333 e. The van der Waals surface area contributed by atoms with E-state index in [0.717, 1.165) is 16.7 Å². The first-order valence-corrected chi connectivity index (χ1v) is 15.7. The van der Waals surface area contributed by atoms with Gasteiger partial charge >= 0.3 is 11.7 Å². The van der Waals surface area contributed by atoms with Crippen molar-refractivity contribution in [1.82, 2.24) is 14.1 Å². The Kier molecular flexibility index (Phi) is 8.61. The average molecular weight is 645 g/mol. The Morgan fingerprint density at radius 3 is 1.92 bits per heavy atom. The molecule has 1 aliphatic rings. The molecule has 1 saturated heterocycles. The van der Waals surface area contributed by atoms with Gasteiger partial charge in [0.2, 0.25) is 11.8 Å². The van der Waals surface area contributed by atoms with Gasteiger partial charge in [-0.25, -0.2) is 9.18 Å². The van der Waals surface area contributed by atoms with E-state index in [1.165, 1.54) is 15.2 Å². The lowest BCUT2D eigenvalue weighted by atomic mass is 9.99. The molecule has 3 heterocycles. The molecule has 0 atom stereocenters. The molecule has 0 bridgehead atoms. The van der Waals surface area contributed by atoms with E-state index in [2.05, 4.69) is 4.98 Å². The zero-order valence-corrected chi connectivity index (χ0v) is 26.3. The molecule has 0 spiro atoms. The van der Waals surface area contributed by atoms with Crippen LogP contribution in [0.2, 0.25) is 0 Å². The van der Waals surface area contributed by atoms with Crippen LogP contribution >= 0.6 is 0 Å². The Bertz CT molecular complexity index is 2110. The summed E-state index contributed by atoms with van der Waals surface area (Å²) in [7, 11) is 1.60. The maximum atomic E-state index is 15.8. The Balaban J connectivity index is 1.19. The Morgan fingerprint density at radius 2 is 1.29 bits per heavy atom. The van der Waals surface area contributed by atoms with E-state index in [4.69, 9.17) is 14.2 Å². The third-order valence-corrected chi connectivity index (χ3v) is 8.40. The number of imidazole rings is 1. The number of anilines is 1. The van der Waals surface area contributed by atoms with Gasteiger partial charge in [-0.2, -0.15) is 4.98 Å². The van der Waals surface area contributed by atoms with E-state index < -0.39 is 11.5 Å². The maximum Gasteiger partial charge on any atom is 0.333 e. The van der Waals surface area contributed by atoms with Gasteiger partial charge in [-0.3, -0.25) is 13.9 Å². The lowest BCUT2D eigenvalue weighted by Crippen LogP contribution is -2.51. The van der Waals surface area contributed by atoms with E-state index >= 15 is 4.39 Å². The quantitative estimate of drug-likeness (QED) is 0.155. The molecule has 48 heavy (non-hydrogen) atoms. The lowest BCUT2D eigenvalue weighted by molar-refractivity contribution is -0.150. The predicted molar refractivity (Wildman–Crippen MR) is 180 cm³/mol. The summed E-state index contributed by atoms with van der Waals surface area (Å²) in [5.41, 5.74) is 3.70. The number of fused-ring (bicyclic) bond motifs is 1.